The van der Waals surface area contributed by atoms with Crippen LogP contribution in [0.15, 0.2) is 18.2 Å². The van der Waals surface area contributed by atoms with E-state index in [0.29, 0.717) is 18.0 Å². The summed E-state index contributed by atoms with van der Waals surface area (Å²) >= 11 is 0. The maximum atomic E-state index is 5.98. The monoisotopic (exact) mass is 351 g/mol. The Morgan fingerprint density at radius 3 is 2.62 bits per heavy atom. The van der Waals surface area contributed by atoms with Crippen LogP contribution in [0.3, 0.4) is 0 Å². The molecule has 2 fully saturated rings. The zero-order valence-electron chi connectivity index (χ0n) is 15.5. The van der Waals surface area contributed by atoms with Crippen molar-refractivity contribution >= 4 is 0 Å². The largest absolute Gasteiger partial charge is 0.328 e. The van der Waals surface area contributed by atoms with E-state index >= 15 is 0 Å². The first-order valence-corrected chi connectivity index (χ1v) is 10.3. The Kier molecular flexibility index (Phi) is 4.29. The van der Waals surface area contributed by atoms with Crippen LogP contribution in [0.2, 0.25) is 0 Å². The molecule has 0 saturated heterocycles. The molecule has 0 atom stereocenters. The topological polar surface area (TPSA) is 68.8 Å². The van der Waals surface area contributed by atoms with Gasteiger partial charge in [-0.2, -0.15) is 0 Å². The summed E-state index contributed by atoms with van der Waals surface area (Å²) < 4.78 is 2.41. The Bertz CT molecular complexity index is 786. The summed E-state index contributed by atoms with van der Waals surface area (Å²) in [6, 6.07) is 7.99. The minimum atomic E-state index is 0.356. The van der Waals surface area contributed by atoms with Gasteiger partial charge in [0.25, 0.3) is 0 Å². The molecule has 5 heteroatoms. The lowest BCUT2D eigenvalue weighted by Crippen LogP contribution is -2.36. The van der Waals surface area contributed by atoms with E-state index in [1.807, 2.05) is 0 Å². The van der Waals surface area contributed by atoms with Crippen LogP contribution < -0.4 is 11.1 Å². The molecule has 1 aromatic carbocycles. The van der Waals surface area contributed by atoms with Gasteiger partial charge < -0.3 is 15.6 Å². The van der Waals surface area contributed by atoms with Gasteiger partial charge in [-0.3, -0.25) is 0 Å². The summed E-state index contributed by atoms with van der Waals surface area (Å²) in [5.74, 6) is 2.80. The zero-order valence-corrected chi connectivity index (χ0v) is 15.5. The van der Waals surface area contributed by atoms with E-state index in [9.17, 15) is 0 Å². The second kappa shape index (κ2) is 6.78. The van der Waals surface area contributed by atoms with E-state index in [1.165, 1.54) is 49.9 Å². The van der Waals surface area contributed by atoms with E-state index in [1.54, 1.807) is 11.1 Å². The molecule has 5 nitrogen and oxygen atoms in total. The fourth-order valence-electron chi connectivity index (χ4n) is 4.56. The van der Waals surface area contributed by atoms with Crippen molar-refractivity contribution in [2.45, 2.75) is 82.5 Å². The Morgan fingerprint density at radius 1 is 1.04 bits per heavy atom. The van der Waals surface area contributed by atoms with Crippen LogP contribution in [-0.2, 0) is 25.9 Å². The van der Waals surface area contributed by atoms with Crippen LogP contribution in [0.25, 0.3) is 0 Å². The third-order valence-electron chi connectivity index (χ3n) is 6.27. The minimum Gasteiger partial charge on any atom is -0.328 e. The number of benzene rings is 1. The molecule has 3 aliphatic carbocycles. The zero-order chi connectivity index (χ0) is 17.5. The smallest absolute Gasteiger partial charge is 0.147 e. The average Bonchev–Trinajstić information content (AvgIpc) is 3.39. The molecule has 0 spiro atoms. The molecule has 1 heterocycles. The summed E-state index contributed by atoms with van der Waals surface area (Å²) in [6.07, 6.45) is 9.83. The summed E-state index contributed by atoms with van der Waals surface area (Å²) in [4.78, 5) is 0. The van der Waals surface area contributed by atoms with Crippen molar-refractivity contribution in [3.8, 4) is 0 Å². The lowest BCUT2D eigenvalue weighted by atomic mass is 9.80. The molecule has 0 bridgehead atoms. The number of nitrogens with zero attached hydrogens (tertiary/aromatic N) is 3. The van der Waals surface area contributed by atoms with E-state index in [4.69, 9.17) is 5.73 Å². The number of fused-ring (bicyclic) bond motifs is 1. The van der Waals surface area contributed by atoms with Crippen LogP contribution >= 0.6 is 0 Å². The van der Waals surface area contributed by atoms with Crippen molar-refractivity contribution < 1.29 is 0 Å². The lowest BCUT2D eigenvalue weighted by molar-refractivity contribution is 0.327. The van der Waals surface area contributed by atoms with Crippen LogP contribution in [0.5, 0.6) is 0 Å². The maximum absolute atomic E-state index is 5.98. The SMILES string of the molecule is NC1CC(c2nnc(CNCc3ccc4c(c3)CCCC4)n2C2CC2)C1. The van der Waals surface area contributed by atoms with Gasteiger partial charge in [0, 0.05) is 24.5 Å². The van der Waals surface area contributed by atoms with E-state index in [0.717, 1.165) is 31.8 Å². The standard InChI is InChI=1S/C21H29N5/c22-18-10-17(11-18)21-25-24-20(26(21)19-7-8-19)13-23-12-14-5-6-15-3-1-2-4-16(15)9-14/h5-6,9,17-19,23H,1-4,7-8,10-13,22H2. The van der Waals surface area contributed by atoms with Crippen LogP contribution in [0, 0.1) is 0 Å². The highest BCUT2D eigenvalue weighted by Gasteiger charge is 2.36. The van der Waals surface area contributed by atoms with Gasteiger partial charge in [0.1, 0.15) is 11.6 Å². The number of nitrogens with one attached hydrogen (secondary N) is 1. The number of hydrogen-bond acceptors (Lipinski definition) is 4. The highest BCUT2D eigenvalue weighted by molar-refractivity contribution is 5.33. The molecule has 0 unspecified atom stereocenters. The average molecular weight is 351 g/mol. The second-order valence-electron chi connectivity index (χ2n) is 8.42. The summed E-state index contributed by atoms with van der Waals surface area (Å²) in [6.45, 7) is 1.69. The van der Waals surface area contributed by atoms with Gasteiger partial charge in [0.05, 0.1) is 6.54 Å². The van der Waals surface area contributed by atoms with Crippen molar-refractivity contribution in [2.24, 2.45) is 5.73 Å². The van der Waals surface area contributed by atoms with Crippen LogP contribution in [0.4, 0.5) is 0 Å². The number of aromatic nitrogens is 3. The third kappa shape index (κ3) is 3.19. The Hall–Kier alpha value is -1.72. The first-order valence-electron chi connectivity index (χ1n) is 10.3. The number of nitrogens with two attached hydrogens (primary N) is 1. The number of hydrogen-bond donors (Lipinski definition) is 2. The molecule has 5 rings (SSSR count). The van der Waals surface area contributed by atoms with Gasteiger partial charge in [-0.05, 0) is 68.1 Å². The second-order valence-corrected chi connectivity index (χ2v) is 8.42. The molecule has 3 N–H and O–H groups in total. The molecular weight excluding hydrogens is 322 g/mol. The molecule has 2 saturated carbocycles. The molecule has 1 aromatic heterocycles. The van der Waals surface area contributed by atoms with Crippen molar-refractivity contribution in [3.63, 3.8) is 0 Å². The van der Waals surface area contributed by atoms with Crippen LogP contribution in [-0.4, -0.2) is 20.8 Å². The molecule has 2 aromatic rings. The van der Waals surface area contributed by atoms with Crippen LogP contribution in [0.1, 0.15) is 78.8 Å². The number of aryl methyl sites for hydroxylation is 2. The summed E-state index contributed by atoms with van der Waals surface area (Å²) in [7, 11) is 0. The van der Waals surface area contributed by atoms with Gasteiger partial charge >= 0.3 is 0 Å². The Labute approximate surface area is 155 Å². The predicted octanol–water partition coefficient (Wildman–Crippen LogP) is 2.99. The normalized spacial score (nSPS) is 25.0. The third-order valence-corrected chi connectivity index (χ3v) is 6.27. The Balaban J connectivity index is 1.24. The molecule has 0 radical (unpaired) electrons. The minimum absolute atomic E-state index is 0.356. The molecular formula is C21H29N5. The van der Waals surface area contributed by atoms with E-state index < -0.39 is 0 Å². The maximum Gasteiger partial charge on any atom is 0.147 e. The van der Waals surface area contributed by atoms with Crippen molar-refractivity contribution in [1.82, 2.24) is 20.1 Å². The number of rotatable bonds is 6. The molecule has 26 heavy (non-hydrogen) atoms. The Morgan fingerprint density at radius 2 is 1.85 bits per heavy atom. The van der Waals surface area contributed by atoms with Gasteiger partial charge in [-0.15, -0.1) is 10.2 Å². The first kappa shape index (κ1) is 16.5. The molecule has 0 aliphatic heterocycles. The van der Waals surface area contributed by atoms with Crippen molar-refractivity contribution in [1.29, 1.82) is 0 Å². The fourth-order valence-corrected chi connectivity index (χ4v) is 4.56. The van der Waals surface area contributed by atoms with Gasteiger partial charge in [-0.1, -0.05) is 18.2 Å². The predicted molar refractivity (Wildman–Crippen MR) is 102 cm³/mol. The first-order chi connectivity index (χ1) is 12.8. The highest BCUT2D eigenvalue weighted by atomic mass is 15.3. The van der Waals surface area contributed by atoms with E-state index in [-0.39, 0.29) is 0 Å². The van der Waals surface area contributed by atoms with Crippen molar-refractivity contribution in [2.75, 3.05) is 0 Å². The van der Waals surface area contributed by atoms with E-state index in [2.05, 4.69) is 38.3 Å². The highest BCUT2D eigenvalue weighted by Crippen LogP contribution is 2.42. The lowest BCUT2D eigenvalue weighted by Gasteiger charge is -2.31. The summed E-state index contributed by atoms with van der Waals surface area (Å²) in [5.41, 5.74) is 10.5. The van der Waals surface area contributed by atoms with Gasteiger partial charge in [0.2, 0.25) is 0 Å². The van der Waals surface area contributed by atoms with Gasteiger partial charge in [-0.25, -0.2) is 0 Å². The molecule has 3 aliphatic rings. The van der Waals surface area contributed by atoms with Gasteiger partial charge in [0.15, 0.2) is 0 Å². The fraction of sp³-hybridized carbons (Fsp3) is 0.619. The molecule has 0 amide bonds. The molecule has 138 valence electrons. The van der Waals surface area contributed by atoms with Crippen molar-refractivity contribution in [3.05, 3.63) is 46.5 Å². The summed E-state index contributed by atoms with van der Waals surface area (Å²) in [5, 5.41) is 12.6. The quantitative estimate of drug-likeness (QED) is 0.839.